The number of methoxy groups -OCH3 is 2. The van der Waals surface area contributed by atoms with Crippen molar-refractivity contribution in [2.24, 2.45) is 0 Å². The van der Waals surface area contributed by atoms with Crippen LogP contribution >= 0.6 is 22.9 Å². The zero-order valence-corrected chi connectivity index (χ0v) is 16.7. The van der Waals surface area contributed by atoms with E-state index in [1.54, 1.807) is 23.5 Å². The summed E-state index contributed by atoms with van der Waals surface area (Å²) in [6.45, 7) is 0.477. The van der Waals surface area contributed by atoms with E-state index in [4.69, 9.17) is 21.1 Å². The summed E-state index contributed by atoms with van der Waals surface area (Å²) in [5, 5.41) is 5.43. The van der Waals surface area contributed by atoms with Crippen molar-refractivity contribution in [3.8, 4) is 5.88 Å². The van der Waals surface area contributed by atoms with Gasteiger partial charge in [-0.15, -0.1) is 0 Å². The predicted molar refractivity (Wildman–Crippen MR) is 112 cm³/mol. The Balaban J connectivity index is 1.72. The van der Waals surface area contributed by atoms with Gasteiger partial charge in [0.2, 0.25) is 5.88 Å². The summed E-state index contributed by atoms with van der Waals surface area (Å²) in [6.07, 6.45) is 0. The fourth-order valence-corrected chi connectivity index (χ4v) is 4.08. The number of carbonyl (C=O) groups excluding carboxylic acids is 1. The molecule has 2 heterocycles. The maximum Gasteiger partial charge on any atom is 0.343 e. The van der Waals surface area contributed by atoms with E-state index >= 15 is 0 Å². The van der Waals surface area contributed by atoms with Gasteiger partial charge >= 0.3 is 5.97 Å². The SMILES string of the molecule is COC(=O)c1cc2cc(Cl)cc(CNc3nc4ccccc4s3)c2nc1OC. The van der Waals surface area contributed by atoms with Crippen LogP contribution in [0.25, 0.3) is 21.1 Å². The first-order valence-corrected chi connectivity index (χ1v) is 9.63. The Morgan fingerprint density at radius 3 is 2.75 bits per heavy atom. The Morgan fingerprint density at radius 2 is 2.00 bits per heavy atom. The highest BCUT2D eigenvalue weighted by Gasteiger charge is 2.18. The van der Waals surface area contributed by atoms with Crippen molar-refractivity contribution in [1.82, 2.24) is 9.97 Å². The number of carbonyl (C=O) groups is 1. The number of rotatable bonds is 5. The number of esters is 1. The molecule has 0 saturated heterocycles. The number of para-hydroxylation sites is 1. The summed E-state index contributed by atoms with van der Waals surface area (Å²) in [6, 6.07) is 13.3. The van der Waals surface area contributed by atoms with E-state index in [1.165, 1.54) is 14.2 Å². The van der Waals surface area contributed by atoms with Crippen LogP contribution in [-0.2, 0) is 11.3 Å². The summed E-state index contributed by atoms with van der Waals surface area (Å²) in [7, 11) is 2.78. The van der Waals surface area contributed by atoms with Crippen LogP contribution in [0.4, 0.5) is 5.13 Å². The minimum absolute atomic E-state index is 0.211. The van der Waals surface area contributed by atoms with Crippen molar-refractivity contribution in [3.63, 3.8) is 0 Å². The van der Waals surface area contributed by atoms with Crippen molar-refractivity contribution in [2.45, 2.75) is 6.54 Å². The fourth-order valence-electron chi connectivity index (χ4n) is 2.97. The van der Waals surface area contributed by atoms with Crippen LogP contribution in [0.3, 0.4) is 0 Å². The van der Waals surface area contributed by atoms with Gasteiger partial charge in [0.25, 0.3) is 0 Å². The van der Waals surface area contributed by atoms with E-state index in [2.05, 4.69) is 15.3 Å². The molecule has 0 amide bonds. The molecule has 8 heteroatoms. The van der Waals surface area contributed by atoms with Crippen LogP contribution in [-0.4, -0.2) is 30.2 Å². The van der Waals surface area contributed by atoms with Gasteiger partial charge in [-0.05, 0) is 35.9 Å². The van der Waals surface area contributed by atoms with Crippen LogP contribution in [0.5, 0.6) is 5.88 Å². The maximum absolute atomic E-state index is 12.0. The number of nitrogens with one attached hydrogen (secondary N) is 1. The largest absolute Gasteiger partial charge is 0.480 e. The molecule has 0 aliphatic rings. The molecule has 0 bridgehead atoms. The molecule has 0 spiro atoms. The minimum atomic E-state index is -0.514. The number of benzene rings is 2. The van der Waals surface area contributed by atoms with Gasteiger partial charge in [-0.2, -0.15) is 0 Å². The number of aromatic nitrogens is 2. The zero-order valence-electron chi connectivity index (χ0n) is 15.2. The third kappa shape index (κ3) is 3.46. The summed E-state index contributed by atoms with van der Waals surface area (Å²) in [4.78, 5) is 21.1. The third-order valence-corrected chi connectivity index (χ3v) is 5.46. The molecule has 4 rings (SSSR count). The highest BCUT2D eigenvalue weighted by molar-refractivity contribution is 7.22. The lowest BCUT2D eigenvalue weighted by Crippen LogP contribution is -2.07. The van der Waals surface area contributed by atoms with E-state index in [1.807, 2.05) is 30.3 Å². The van der Waals surface area contributed by atoms with E-state index in [0.717, 1.165) is 26.3 Å². The van der Waals surface area contributed by atoms with Gasteiger partial charge in [0.1, 0.15) is 5.56 Å². The Kier molecular flexibility index (Phi) is 5.02. The normalized spacial score (nSPS) is 11.0. The molecule has 6 nitrogen and oxygen atoms in total. The number of ether oxygens (including phenoxy) is 2. The van der Waals surface area contributed by atoms with E-state index in [0.29, 0.717) is 17.1 Å². The summed E-state index contributed by atoms with van der Waals surface area (Å²) in [5.41, 5.74) is 2.78. The molecule has 1 N–H and O–H groups in total. The number of hydrogen-bond acceptors (Lipinski definition) is 7. The molecule has 0 fully saturated rings. The number of hydrogen-bond donors (Lipinski definition) is 1. The highest BCUT2D eigenvalue weighted by atomic mass is 35.5. The molecular formula is C20H16ClN3O3S. The summed E-state index contributed by atoms with van der Waals surface area (Å²) in [5.74, 6) is -0.303. The van der Waals surface area contributed by atoms with Crippen molar-refractivity contribution in [1.29, 1.82) is 0 Å². The van der Waals surface area contributed by atoms with Gasteiger partial charge in [-0.1, -0.05) is 35.1 Å². The zero-order chi connectivity index (χ0) is 19.7. The van der Waals surface area contributed by atoms with Gasteiger partial charge in [-0.25, -0.2) is 14.8 Å². The molecule has 0 radical (unpaired) electrons. The highest BCUT2D eigenvalue weighted by Crippen LogP contribution is 2.30. The van der Waals surface area contributed by atoms with Gasteiger partial charge in [0, 0.05) is 17.0 Å². The van der Waals surface area contributed by atoms with E-state index < -0.39 is 5.97 Å². The van der Waals surface area contributed by atoms with E-state index in [-0.39, 0.29) is 11.4 Å². The Labute approximate surface area is 170 Å². The average Bonchev–Trinajstić information content (AvgIpc) is 3.13. The van der Waals surface area contributed by atoms with Gasteiger partial charge in [-0.3, -0.25) is 0 Å². The molecule has 2 aromatic heterocycles. The van der Waals surface area contributed by atoms with Gasteiger partial charge in [0.05, 0.1) is 30.0 Å². The van der Waals surface area contributed by atoms with Crippen molar-refractivity contribution in [3.05, 3.63) is 58.6 Å². The second-order valence-electron chi connectivity index (χ2n) is 6.01. The van der Waals surface area contributed by atoms with Crippen LogP contribution in [0, 0.1) is 0 Å². The Bertz CT molecular complexity index is 1160. The second-order valence-corrected chi connectivity index (χ2v) is 7.48. The summed E-state index contributed by atoms with van der Waals surface area (Å²) >= 11 is 7.87. The monoisotopic (exact) mass is 413 g/mol. The van der Waals surface area contributed by atoms with Crippen molar-refractivity contribution < 1.29 is 14.3 Å². The van der Waals surface area contributed by atoms with Gasteiger partial charge < -0.3 is 14.8 Å². The molecule has 28 heavy (non-hydrogen) atoms. The predicted octanol–water partition coefficient (Wildman–Crippen LogP) is 4.91. The van der Waals surface area contributed by atoms with Crippen LogP contribution in [0.1, 0.15) is 15.9 Å². The van der Waals surface area contributed by atoms with Crippen molar-refractivity contribution in [2.75, 3.05) is 19.5 Å². The number of thiazole rings is 1. The first-order chi connectivity index (χ1) is 13.6. The quantitative estimate of drug-likeness (QED) is 0.469. The molecule has 0 atom stereocenters. The van der Waals surface area contributed by atoms with E-state index in [9.17, 15) is 4.79 Å². The van der Waals surface area contributed by atoms with Crippen LogP contribution in [0.2, 0.25) is 5.02 Å². The first-order valence-electron chi connectivity index (χ1n) is 8.44. The fraction of sp³-hybridized carbons (Fsp3) is 0.150. The molecule has 2 aromatic carbocycles. The molecule has 0 unspecified atom stereocenters. The molecule has 142 valence electrons. The molecular weight excluding hydrogens is 398 g/mol. The third-order valence-electron chi connectivity index (χ3n) is 4.25. The topological polar surface area (TPSA) is 73.3 Å². The second kappa shape index (κ2) is 7.61. The minimum Gasteiger partial charge on any atom is -0.480 e. The molecule has 0 aliphatic carbocycles. The number of nitrogens with zero attached hydrogens (tertiary/aromatic N) is 2. The lowest BCUT2D eigenvalue weighted by molar-refractivity contribution is 0.0596. The smallest absolute Gasteiger partial charge is 0.343 e. The Morgan fingerprint density at radius 1 is 1.18 bits per heavy atom. The molecule has 0 saturated carbocycles. The lowest BCUT2D eigenvalue weighted by atomic mass is 10.1. The van der Waals surface area contributed by atoms with Gasteiger partial charge in [0.15, 0.2) is 5.13 Å². The summed E-state index contributed by atoms with van der Waals surface area (Å²) < 4.78 is 11.2. The molecule has 4 aromatic rings. The first kappa shape index (κ1) is 18.5. The van der Waals surface area contributed by atoms with Crippen molar-refractivity contribution >= 4 is 55.2 Å². The Hall–Kier alpha value is -2.90. The van der Waals surface area contributed by atoms with Crippen LogP contribution < -0.4 is 10.1 Å². The number of pyridine rings is 1. The van der Waals surface area contributed by atoms with Crippen LogP contribution in [0.15, 0.2) is 42.5 Å². The number of fused-ring (bicyclic) bond motifs is 2. The maximum atomic E-state index is 12.0. The molecule has 0 aliphatic heterocycles. The standard InChI is InChI=1S/C20H16ClN3O3S/c1-26-18-14(19(25)27-2)9-11-7-13(21)8-12(17(11)24-18)10-22-20-23-15-5-3-4-6-16(15)28-20/h3-9H,10H2,1-2H3,(H,22,23). The lowest BCUT2D eigenvalue weighted by Gasteiger charge is -2.12. The number of halogens is 1. The average molecular weight is 414 g/mol. The number of anilines is 1.